The Bertz CT molecular complexity index is 288. The molecule has 1 aromatic rings. The molecule has 2 heterocycles. The van der Waals surface area contributed by atoms with Gasteiger partial charge in [0, 0.05) is 38.1 Å². The number of amides is 1. The Morgan fingerprint density at radius 1 is 1.43 bits per heavy atom. The Balaban J connectivity index is 1.88. The maximum Gasteiger partial charge on any atom is 0.228 e. The fraction of sp³-hybridized carbons (Fsp3) is 0.500. The van der Waals surface area contributed by atoms with E-state index in [0.717, 1.165) is 31.9 Å². The third kappa shape index (κ3) is 2.14. The molecular formula is C10H15N3O. The van der Waals surface area contributed by atoms with Crippen molar-refractivity contribution in [1.29, 1.82) is 0 Å². The summed E-state index contributed by atoms with van der Waals surface area (Å²) in [6.45, 7) is 3.49. The fourth-order valence-corrected chi connectivity index (χ4v) is 1.67. The van der Waals surface area contributed by atoms with Crippen LogP contribution in [0.1, 0.15) is 5.69 Å². The number of rotatable bonds is 2. The van der Waals surface area contributed by atoms with Crippen molar-refractivity contribution in [3.05, 3.63) is 24.0 Å². The number of aromatic nitrogens is 1. The van der Waals surface area contributed by atoms with Gasteiger partial charge in [-0.05, 0) is 12.1 Å². The number of piperazine rings is 1. The molecule has 1 aromatic heterocycles. The molecule has 0 spiro atoms. The van der Waals surface area contributed by atoms with Crippen LogP contribution in [0.25, 0.3) is 0 Å². The molecule has 0 bridgehead atoms. The van der Waals surface area contributed by atoms with Crippen molar-refractivity contribution in [1.82, 2.24) is 15.2 Å². The Hall–Kier alpha value is -1.29. The van der Waals surface area contributed by atoms with Crippen molar-refractivity contribution in [3.8, 4) is 0 Å². The van der Waals surface area contributed by atoms with E-state index in [4.69, 9.17) is 0 Å². The highest BCUT2D eigenvalue weighted by Gasteiger charge is 2.16. The van der Waals surface area contributed by atoms with Gasteiger partial charge in [0.05, 0.1) is 6.42 Å². The van der Waals surface area contributed by atoms with Crippen LogP contribution in [0.5, 0.6) is 0 Å². The van der Waals surface area contributed by atoms with Crippen LogP contribution in [0.4, 0.5) is 0 Å². The summed E-state index contributed by atoms with van der Waals surface area (Å²) in [5.74, 6) is 0.217. The lowest BCUT2D eigenvalue weighted by atomic mass is 10.2. The molecule has 76 valence electrons. The molecule has 1 aliphatic heterocycles. The van der Waals surface area contributed by atoms with Gasteiger partial charge in [0.15, 0.2) is 0 Å². The summed E-state index contributed by atoms with van der Waals surface area (Å²) in [5, 5.41) is 3.23. The van der Waals surface area contributed by atoms with Gasteiger partial charge in [-0.25, -0.2) is 0 Å². The standard InChI is InChI=1S/C10H15N3O/c14-10(8-9-2-1-3-12-9)13-6-4-11-5-7-13/h1-3,11-12H,4-8H2. The van der Waals surface area contributed by atoms with Crippen molar-refractivity contribution in [2.45, 2.75) is 6.42 Å². The minimum absolute atomic E-state index is 0.217. The molecule has 0 unspecified atom stereocenters. The van der Waals surface area contributed by atoms with E-state index in [0.29, 0.717) is 6.42 Å². The van der Waals surface area contributed by atoms with E-state index < -0.39 is 0 Å². The van der Waals surface area contributed by atoms with E-state index in [1.807, 2.05) is 23.2 Å². The molecule has 0 saturated carbocycles. The highest BCUT2D eigenvalue weighted by molar-refractivity contribution is 5.78. The molecule has 4 heteroatoms. The Morgan fingerprint density at radius 2 is 2.21 bits per heavy atom. The SMILES string of the molecule is O=C(Cc1ccc[nH]1)N1CCNCC1. The third-order valence-electron chi connectivity index (χ3n) is 2.47. The van der Waals surface area contributed by atoms with Crippen LogP contribution in [-0.4, -0.2) is 42.0 Å². The average molecular weight is 193 g/mol. The molecule has 0 atom stereocenters. The largest absolute Gasteiger partial charge is 0.365 e. The lowest BCUT2D eigenvalue weighted by molar-refractivity contribution is -0.131. The first-order chi connectivity index (χ1) is 6.86. The van der Waals surface area contributed by atoms with E-state index in [-0.39, 0.29) is 5.91 Å². The zero-order valence-corrected chi connectivity index (χ0v) is 8.12. The van der Waals surface area contributed by atoms with Crippen LogP contribution in [0, 0.1) is 0 Å². The van der Waals surface area contributed by atoms with Gasteiger partial charge in [-0.1, -0.05) is 0 Å². The summed E-state index contributed by atoms with van der Waals surface area (Å²) < 4.78 is 0. The van der Waals surface area contributed by atoms with Crippen LogP contribution < -0.4 is 5.32 Å². The molecule has 2 N–H and O–H groups in total. The Kier molecular flexibility index (Phi) is 2.84. The van der Waals surface area contributed by atoms with Gasteiger partial charge < -0.3 is 15.2 Å². The average Bonchev–Trinajstić information content (AvgIpc) is 2.72. The van der Waals surface area contributed by atoms with Crippen molar-refractivity contribution >= 4 is 5.91 Å². The van der Waals surface area contributed by atoms with Crippen molar-refractivity contribution in [2.24, 2.45) is 0 Å². The number of aromatic amines is 1. The number of hydrogen-bond acceptors (Lipinski definition) is 2. The number of H-pyrrole nitrogens is 1. The lowest BCUT2D eigenvalue weighted by Crippen LogP contribution is -2.46. The number of carbonyl (C=O) groups excluding carboxylic acids is 1. The van der Waals surface area contributed by atoms with Gasteiger partial charge in [0.2, 0.25) is 5.91 Å². The number of nitrogens with one attached hydrogen (secondary N) is 2. The van der Waals surface area contributed by atoms with Crippen molar-refractivity contribution in [3.63, 3.8) is 0 Å². The van der Waals surface area contributed by atoms with Crippen LogP contribution in [-0.2, 0) is 11.2 Å². The van der Waals surface area contributed by atoms with Gasteiger partial charge in [-0.3, -0.25) is 4.79 Å². The first-order valence-electron chi connectivity index (χ1n) is 4.97. The number of hydrogen-bond donors (Lipinski definition) is 2. The second-order valence-corrected chi connectivity index (χ2v) is 3.50. The van der Waals surface area contributed by atoms with Crippen LogP contribution >= 0.6 is 0 Å². The summed E-state index contributed by atoms with van der Waals surface area (Å²) in [4.78, 5) is 16.7. The molecule has 1 fully saturated rings. The second-order valence-electron chi connectivity index (χ2n) is 3.50. The monoisotopic (exact) mass is 193 g/mol. The molecule has 14 heavy (non-hydrogen) atoms. The minimum atomic E-state index is 0.217. The highest BCUT2D eigenvalue weighted by atomic mass is 16.2. The Labute approximate surface area is 83.3 Å². The molecule has 0 aromatic carbocycles. The van der Waals surface area contributed by atoms with E-state index in [1.54, 1.807) is 0 Å². The van der Waals surface area contributed by atoms with Crippen molar-refractivity contribution < 1.29 is 4.79 Å². The summed E-state index contributed by atoms with van der Waals surface area (Å²) in [5.41, 5.74) is 0.994. The lowest BCUT2D eigenvalue weighted by Gasteiger charge is -2.27. The fourth-order valence-electron chi connectivity index (χ4n) is 1.67. The third-order valence-corrected chi connectivity index (χ3v) is 2.47. The van der Waals surface area contributed by atoms with Crippen LogP contribution in [0.15, 0.2) is 18.3 Å². The van der Waals surface area contributed by atoms with Crippen LogP contribution in [0.3, 0.4) is 0 Å². The molecule has 4 nitrogen and oxygen atoms in total. The van der Waals surface area contributed by atoms with Gasteiger partial charge in [0.25, 0.3) is 0 Å². The smallest absolute Gasteiger partial charge is 0.228 e. The molecule has 1 amide bonds. The number of nitrogens with zero attached hydrogens (tertiary/aromatic N) is 1. The maximum absolute atomic E-state index is 11.7. The predicted octanol–water partition coefficient (Wildman–Crippen LogP) is -0.0110. The van der Waals surface area contributed by atoms with Crippen molar-refractivity contribution in [2.75, 3.05) is 26.2 Å². The zero-order valence-electron chi connectivity index (χ0n) is 8.12. The molecule has 2 rings (SSSR count). The molecular weight excluding hydrogens is 178 g/mol. The molecule has 0 aliphatic carbocycles. The van der Waals surface area contributed by atoms with Crippen LogP contribution in [0.2, 0.25) is 0 Å². The minimum Gasteiger partial charge on any atom is -0.365 e. The van der Waals surface area contributed by atoms with E-state index in [9.17, 15) is 4.79 Å². The van der Waals surface area contributed by atoms with E-state index >= 15 is 0 Å². The van der Waals surface area contributed by atoms with E-state index in [1.165, 1.54) is 0 Å². The maximum atomic E-state index is 11.7. The van der Waals surface area contributed by atoms with Gasteiger partial charge in [-0.2, -0.15) is 0 Å². The van der Waals surface area contributed by atoms with Gasteiger partial charge in [0.1, 0.15) is 0 Å². The molecule has 1 aliphatic rings. The summed E-state index contributed by atoms with van der Waals surface area (Å²) in [7, 11) is 0. The Morgan fingerprint density at radius 3 is 2.86 bits per heavy atom. The molecule has 1 saturated heterocycles. The topological polar surface area (TPSA) is 48.1 Å². The summed E-state index contributed by atoms with van der Waals surface area (Å²) in [6, 6.07) is 3.86. The van der Waals surface area contributed by atoms with Gasteiger partial charge >= 0.3 is 0 Å². The first-order valence-corrected chi connectivity index (χ1v) is 4.97. The van der Waals surface area contributed by atoms with Gasteiger partial charge in [-0.15, -0.1) is 0 Å². The van der Waals surface area contributed by atoms with E-state index in [2.05, 4.69) is 10.3 Å². The second kappa shape index (κ2) is 4.28. The number of carbonyl (C=O) groups is 1. The quantitative estimate of drug-likeness (QED) is 0.694. The zero-order chi connectivity index (χ0) is 9.80. The highest BCUT2D eigenvalue weighted by Crippen LogP contribution is 2.01. The predicted molar refractivity (Wildman–Crippen MR) is 53.9 cm³/mol. The molecule has 0 radical (unpaired) electrons. The summed E-state index contributed by atoms with van der Waals surface area (Å²) in [6.07, 6.45) is 2.34. The first kappa shape index (κ1) is 9.27. The summed E-state index contributed by atoms with van der Waals surface area (Å²) >= 11 is 0. The normalized spacial score (nSPS) is 17.0.